The molecule has 0 aromatic rings. The van der Waals surface area contributed by atoms with Crippen molar-refractivity contribution in [1.29, 1.82) is 0 Å². The van der Waals surface area contributed by atoms with E-state index in [1.54, 1.807) is 13.8 Å². The molecule has 132 valence electrons. The van der Waals surface area contributed by atoms with Crippen molar-refractivity contribution in [3.63, 3.8) is 0 Å². The first-order valence-corrected chi connectivity index (χ1v) is 7.71. The van der Waals surface area contributed by atoms with Gasteiger partial charge in [0.1, 0.15) is 12.1 Å². The molecule has 0 fully saturated rings. The topological polar surface area (TPSA) is 165 Å². The maximum absolute atomic E-state index is 12.1. The summed E-state index contributed by atoms with van der Waals surface area (Å²) >= 11 is 3.85. The average molecular weight is 348 g/mol. The number of hydrogen-bond donors (Lipinski definition) is 6. The normalized spacial score (nSPS) is 14.7. The first kappa shape index (κ1) is 21.2. The Bertz CT molecular complexity index is 458. The molecule has 0 radical (unpaired) electrons. The van der Waals surface area contributed by atoms with E-state index in [9.17, 15) is 19.2 Å². The van der Waals surface area contributed by atoms with Gasteiger partial charge in [0.15, 0.2) is 0 Å². The average Bonchev–Trinajstić information content (AvgIpc) is 2.46. The van der Waals surface area contributed by atoms with Crippen LogP contribution < -0.4 is 22.1 Å². The predicted molar refractivity (Wildman–Crippen MR) is 86.6 cm³/mol. The quantitative estimate of drug-likeness (QED) is 0.255. The van der Waals surface area contributed by atoms with Crippen molar-refractivity contribution < 1.29 is 24.3 Å². The third kappa shape index (κ3) is 7.84. The molecule has 0 aliphatic rings. The van der Waals surface area contributed by atoms with Gasteiger partial charge in [-0.1, -0.05) is 13.8 Å². The van der Waals surface area contributed by atoms with E-state index < -0.39 is 41.8 Å². The molecule has 23 heavy (non-hydrogen) atoms. The monoisotopic (exact) mass is 348 g/mol. The highest BCUT2D eigenvalue weighted by molar-refractivity contribution is 7.80. The van der Waals surface area contributed by atoms with Crippen molar-refractivity contribution in [2.24, 2.45) is 17.4 Å². The van der Waals surface area contributed by atoms with Crippen molar-refractivity contribution >= 4 is 36.3 Å². The van der Waals surface area contributed by atoms with Gasteiger partial charge in [0, 0.05) is 12.2 Å². The molecule has 0 aliphatic heterocycles. The zero-order valence-corrected chi connectivity index (χ0v) is 14.0. The van der Waals surface area contributed by atoms with Gasteiger partial charge in [-0.25, -0.2) is 4.79 Å². The van der Waals surface area contributed by atoms with Gasteiger partial charge in [-0.05, 0) is 12.3 Å². The molecule has 9 nitrogen and oxygen atoms in total. The molecule has 0 unspecified atom stereocenters. The van der Waals surface area contributed by atoms with Gasteiger partial charge in [-0.15, -0.1) is 0 Å². The lowest BCUT2D eigenvalue weighted by Crippen LogP contribution is -2.56. The molecule has 3 atom stereocenters. The Labute approximate surface area is 139 Å². The van der Waals surface area contributed by atoms with Crippen LogP contribution in [0.15, 0.2) is 0 Å². The summed E-state index contributed by atoms with van der Waals surface area (Å²) in [5.41, 5.74) is 10.6. The van der Waals surface area contributed by atoms with Crippen molar-refractivity contribution in [2.45, 2.75) is 44.8 Å². The van der Waals surface area contributed by atoms with Crippen LogP contribution in [0.5, 0.6) is 0 Å². The number of rotatable bonds is 10. The number of carbonyl (C=O) groups is 4. The zero-order chi connectivity index (χ0) is 18.2. The third-order valence-electron chi connectivity index (χ3n) is 3.08. The highest BCUT2D eigenvalue weighted by Gasteiger charge is 2.29. The minimum absolute atomic E-state index is 0.0477. The minimum Gasteiger partial charge on any atom is -0.480 e. The fraction of sp³-hybridized carbons (Fsp3) is 0.692. The Balaban J connectivity index is 4.79. The fourth-order valence-corrected chi connectivity index (χ4v) is 1.92. The number of carboxylic acid groups (broad SMARTS) is 1. The van der Waals surface area contributed by atoms with Gasteiger partial charge < -0.3 is 27.2 Å². The highest BCUT2D eigenvalue weighted by Crippen LogP contribution is 2.05. The van der Waals surface area contributed by atoms with Gasteiger partial charge in [0.05, 0.1) is 6.04 Å². The number of nitrogens with one attached hydrogen (secondary N) is 2. The van der Waals surface area contributed by atoms with E-state index >= 15 is 0 Å². The largest absolute Gasteiger partial charge is 0.480 e. The van der Waals surface area contributed by atoms with Crippen LogP contribution >= 0.6 is 12.6 Å². The number of nitrogens with two attached hydrogens (primary N) is 2. The Morgan fingerprint density at radius 1 is 1.13 bits per heavy atom. The molecule has 7 N–H and O–H groups in total. The van der Waals surface area contributed by atoms with Crippen LogP contribution in [0, 0.1) is 5.92 Å². The summed E-state index contributed by atoms with van der Waals surface area (Å²) in [6.45, 7) is 3.38. The van der Waals surface area contributed by atoms with Gasteiger partial charge in [0.25, 0.3) is 0 Å². The molecule has 0 rings (SSSR count). The standard InChI is InChI=1S/C13H24N4O5S/c1-6(2)10(12(20)16-8(5-23)13(21)22)17-11(19)7(14)3-4-9(15)18/h6-8,10,23H,3-5,14H2,1-2H3,(H2,15,18)(H,16,20)(H,17,19)(H,21,22)/t7-,8-,10-/m0/s1. The molecule has 3 amide bonds. The van der Waals surface area contributed by atoms with Gasteiger partial charge in [-0.3, -0.25) is 14.4 Å². The molecule has 0 saturated carbocycles. The van der Waals surface area contributed by atoms with Crippen LogP contribution in [0.3, 0.4) is 0 Å². The summed E-state index contributed by atoms with van der Waals surface area (Å²) in [5.74, 6) is -3.44. The van der Waals surface area contributed by atoms with E-state index in [2.05, 4.69) is 23.3 Å². The second-order valence-electron chi connectivity index (χ2n) is 5.42. The number of hydrogen-bond acceptors (Lipinski definition) is 6. The van der Waals surface area contributed by atoms with E-state index in [0.717, 1.165) is 0 Å². The highest BCUT2D eigenvalue weighted by atomic mass is 32.1. The summed E-state index contributed by atoms with van der Waals surface area (Å²) in [4.78, 5) is 45.7. The van der Waals surface area contributed by atoms with Gasteiger partial charge in [0.2, 0.25) is 17.7 Å². The molecule has 0 bridgehead atoms. The lowest BCUT2D eigenvalue weighted by atomic mass is 10.0. The fourth-order valence-electron chi connectivity index (χ4n) is 1.67. The number of amides is 3. The minimum atomic E-state index is -1.22. The molecule has 0 aromatic carbocycles. The van der Waals surface area contributed by atoms with Crippen molar-refractivity contribution in [1.82, 2.24) is 10.6 Å². The zero-order valence-electron chi connectivity index (χ0n) is 13.1. The molecule has 0 aromatic heterocycles. The predicted octanol–water partition coefficient (Wildman–Crippen LogP) is -1.78. The van der Waals surface area contributed by atoms with E-state index in [1.807, 2.05) is 0 Å². The third-order valence-corrected chi connectivity index (χ3v) is 3.45. The smallest absolute Gasteiger partial charge is 0.327 e. The number of carboxylic acids is 1. The van der Waals surface area contributed by atoms with E-state index in [0.29, 0.717) is 0 Å². The lowest BCUT2D eigenvalue weighted by Gasteiger charge is -2.24. The maximum atomic E-state index is 12.1. The Morgan fingerprint density at radius 2 is 1.70 bits per heavy atom. The maximum Gasteiger partial charge on any atom is 0.327 e. The summed E-state index contributed by atoms with van der Waals surface area (Å²) in [7, 11) is 0. The molecule has 0 spiro atoms. The van der Waals surface area contributed by atoms with Crippen LogP contribution in [0.25, 0.3) is 0 Å². The number of carbonyl (C=O) groups excluding carboxylic acids is 3. The van der Waals surface area contributed by atoms with Crippen LogP contribution in [-0.4, -0.2) is 52.7 Å². The van der Waals surface area contributed by atoms with Crippen molar-refractivity contribution in [3.8, 4) is 0 Å². The summed E-state index contributed by atoms with van der Waals surface area (Å²) < 4.78 is 0. The van der Waals surface area contributed by atoms with Crippen LogP contribution in [0.4, 0.5) is 0 Å². The number of thiol groups is 1. The first-order chi connectivity index (χ1) is 10.6. The van der Waals surface area contributed by atoms with Crippen molar-refractivity contribution in [2.75, 3.05) is 5.75 Å². The molecular weight excluding hydrogens is 324 g/mol. The van der Waals surface area contributed by atoms with E-state index in [4.69, 9.17) is 16.6 Å². The summed E-state index contributed by atoms with van der Waals surface area (Å²) in [6, 6.07) is -3.10. The second kappa shape index (κ2) is 10.1. The number of primary amides is 1. The molecule has 0 saturated heterocycles. The SMILES string of the molecule is CC(C)[C@H](NC(=O)[C@@H](N)CCC(N)=O)C(=O)N[C@@H](CS)C(=O)O. The summed E-state index contributed by atoms with van der Waals surface area (Å²) in [5, 5.41) is 13.7. The number of aliphatic carboxylic acids is 1. The summed E-state index contributed by atoms with van der Waals surface area (Å²) in [6.07, 6.45) is 0.00978. The molecule has 10 heteroatoms. The molecule has 0 heterocycles. The molecule has 0 aliphatic carbocycles. The molecular formula is C13H24N4O5S. The lowest BCUT2D eigenvalue weighted by molar-refractivity contribution is -0.141. The Morgan fingerprint density at radius 3 is 2.09 bits per heavy atom. The Kier molecular flexibility index (Phi) is 9.27. The van der Waals surface area contributed by atoms with Crippen LogP contribution in [0.2, 0.25) is 0 Å². The van der Waals surface area contributed by atoms with E-state index in [1.165, 1.54) is 0 Å². The van der Waals surface area contributed by atoms with Crippen molar-refractivity contribution in [3.05, 3.63) is 0 Å². The first-order valence-electron chi connectivity index (χ1n) is 7.08. The van der Waals surface area contributed by atoms with Gasteiger partial charge >= 0.3 is 5.97 Å². The van der Waals surface area contributed by atoms with Crippen LogP contribution in [0.1, 0.15) is 26.7 Å². The van der Waals surface area contributed by atoms with Gasteiger partial charge in [-0.2, -0.15) is 12.6 Å². The van der Waals surface area contributed by atoms with Crippen LogP contribution in [-0.2, 0) is 19.2 Å². The van der Waals surface area contributed by atoms with E-state index in [-0.39, 0.29) is 24.5 Å². The second-order valence-corrected chi connectivity index (χ2v) is 5.79. The Hall–Kier alpha value is -1.81.